The summed E-state index contributed by atoms with van der Waals surface area (Å²) in [5.41, 5.74) is 2.42. The lowest BCUT2D eigenvalue weighted by Crippen LogP contribution is -2.14. The Balaban J connectivity index is 1.64. The molecule has 2 aromatic carbocycles. The molecular formula is C18H14Cl2O4. The molecule has 0 bridgehead atoms. The fraction of sp³-hybridized carbons (Fsp3) is 0.167. The summed E-state index contributed by atoms with van der Waals surface area (Å²) in [4.78, 5) is 11.9. The van der Waals surface area contributed by atoms with Crippen LogP contribution in [0.15, 0.2) is 42.5 Å². The minimum Gasteiger partial charge on any atom is -0.467 e. The summed E-state index contributed by atoms with van der Waals surface area (Å²) in [5.74, 6) is 0.214. The van der Waals surface area contributed by atoms with Crippen LogP contribution in [0.25, 0.3) is 6.08 Å². The maximum absolute atomic E-state index is 11.9. The van der Waals surface area contributed by atoms with Gasteiger partial charge in [0, 0.05) is 27.2 Å². The second-order valence-electron chi connectivity index (χ2n) is 5.16. The minimum absolute atomic E-state index is 0.0761. The van der Waals surface area contributed by atoms with E-state index in [0.29, 0.717) is 28.0 Å². The number of carbonyl (C=O) groups excluding carboxylic acids is 1. The van der Waals surface area contributed by atoms with Crippen molar-refractivity contribution in [2.24, 2.45) is 0 Å². The summed E-state index contributed by atoms with van der Waals surface area (Å²) in [5, 5.41) is 1.19. The Hall–Kier alpha value is -2.01. The molecular weight excluding hydrogens is 351 g/mol. The Morgan fingerprint density at radius 2 is 1.96 bits per heavy atom. The molecule has 124 valence electrons. The fourth-order valence-electron chi connectivity index (χ4n) is 2.30. The molecule has 0 amide bonds. The van der Waals surface area contributed by atoms with Crippen molar-refractivity contribution in [3.05, 3.63) is 69.2 Å². The van der Waals surface area contributed by atoms with Gasteiger partial charge in [-0.3, -0.25) is 0 Å². The number of hydrogen-bond acceptors (Lipinski definition) is 4. The van der Waals surface area contributed by atoms with Crippen LogP contribution in [0.5, 0.6) is 5.75 Å². The highest BCUT2D eigenvalue weighted by Crippen LogP contribution is 2.32. The van der Waals surface area contributed by atoms with Gasteiger partial charge in [-0.2, -0.15) is 0 Å². The Bertz CT molecular complexity index is 769. The van der Waals surface area contributed by atoms with E-state index in [4.69, 9.17) is 37.4 Å². The number of hydrogen-bond donors (Lipinski definition) is 0. The zero-order valence-electron chi connectivity index (χ0n) is 12.6. The van der Waals surface area contributed by atoms with Gasteiger partial charge < -0.3 is 14.2 Å². The van der Waals surface area contributed by atoms with Crippen molar-refractivity contribution in [3.8, 4) is 5.75 Å². The van der Waals surface area contributed by atoms with Gasteiger partial charge in [-0.1, -0.05) is 35.3 Å². The van der Waals surface area contributed by atoms with E-state index in [1.807, 2.05) is 12.1 Å². The van der Waals surface area contributed by atoms with Crippen LogP contribution in [0, 0.1) is 0 Å². The number of fused-ring (bicyclic) bond motifs is 1. The van der Waals surface area contributed by atoms with Crippen LogP contribution in [0.2, 0.25) is 10.0 Å². The number of ether oxygens (including phenoxy) is 3. The molecule has 0 saturated heterocycles. The average Bonchev–Trinajstić information content (AvgIpc) is 2.59. The molecule has 2 aromatic rings. The van der Waals surface area contributed by atoms with E-state index in [-0.39, 0.29) is 13.4 Å². The van der Waals surface area contributed by atoms with Crippen molar-refractivity contribution in [1.82, 2.24) is 0 Å². The monoisotopic (exact) mass is 364 g/mol. The molecule has 1 aliphatic rings. The second-order valence-corrected chi connectivity index (χ2v) is 6.03. The zero-order valence-corrected chi connectivity index (χ0v) is 14.1. The standard InChI is InChI=1S/C18H14Cl2O4/c19-15-4-1-12(2-5-15)3-6-17(21)23-10-14-8-16(20)7-13-9-22-11-24-18(13)14/h1-8H,9-11H2/b6-3+. The molecule has 4 nitrogen and oxygen atoms in total. The molecule has 0 N–H and O–H groups in total. The van der Waals surface area contributed by atoms with Crippen LogP contribution in [0.4, 0.5) is 0 Å². The van der Waals surface area contributed by atoms with Crippen molar-refractivity contribution in [3.63, 3.8) is 0 Å². The number of esters is 1. The lowest BCUT2D eigenvalue weighted by atomic mass is 10.1. The van der Waals surface area contributed by atoms with Gasteiger partial charge in [0.25, 0.3) is 0 Å². The van der Waals surface area contributed by atoms with E-state index in [9.17, 15) is 4.79 Å². The Morgan fingerprint density at radius 3 is 2.75 bits per heavy atom. The van der Waals surface area contributed by atoms with Crippen LogP contribution in [-0.2, 0) is 27.5 Å². The zero-order chi connectivity index (χ0) is 16.9. The summed E-state index contributed by atoms with van der Waals surface area (Å²) in [6.45, 7) is 0.673. The molecule has 6 heteroatoms. The first-order chi connectivity index (χ1) is 11.6. The van der Waals surface area contributed by atoms with Crippen LogP contribution in [0.1, 0.15) is 16.7 Å². The van der Waals surface area contributed by atoms with Crippen molar-refractivity contribution >= 4 is 35.2 Å². The Morgan fingerprint density at radius 1 is 1.17 bits per heavy atom. The highest BCUT2D eigenvalue weighted by atomic mass is 35.5. The van der Waals surface area contributed by atoms with Gasteiger partial charge in [0.15, 0.2) is 6.79 Å². The van der Waals surface area contributed by atoms with Crippen molar-refractivity contribution in [2.75, 3.05) is 6.79 Å². The molecule has 0 unspecified atom stereocenters. The molecule has 3 rings (SSSR count). The predicted molar refractivity (Wildman–Crippen MR) is 92.0 cm³/mol. The van der Waals surface area contributed by atoms with Gasteiger partial charge in [0.2, 0.25) is 0 Å². The van der Waals surface area contributed by atoms with Gasteiger partial charge in [-0.25, -0.2) is 4.79 Å². The highest BCUT2D eigenvalue weighted by molar-refractivity contribution is 6.31. The van der Waals surface area contributed by atoms with Crippen LogP contribution in [0.3, 0.4) is 0 Å². The maximum Gasteiger partial charge on any atom is 0.331 e. The van der Waals surface area contributed by atoms with E-state index in [1.54, 1.807) is 30.3 Å². The van der Waals surface area contributed by atoms with Crippen molar-refractivity contribution in [2.45, 2.75) is 13.2 Å². The van der Waals surface area contributed by atoms with Gasteiger partial charge in [0.05, 0.1) is 6.61 Å². The molecule has 0 saturated carbocycles. The Labute approximate surface area is 149 Å². The van der Waals surface area contributed by atoms with Crippen molar-refractivity contribution in [1.29, 1.82) is 0 Å². The van der Waals surface area contributed by atoms with E-state index < -0.39 is 5.97 Å². The number of rotatable bonds is 4. The van der Waals surface area contributed by atoms with E-state index in [1.165, 1.54) is 6.08 Å². The molecule has 0 radical (unpaired) electrons. The van der Waals surface area contributed by atoms with E-state index in [0.717, 1.165) is 11.1 Å². The van der Waals surface area contributed by atoms with E-state index in [2.05, 4.69) is 0 Å². The second kappa shape index (κ2) is 7.71. The first-order valence-electron chi connectivity index (χ1n) is 7.24. The van der Waals surface area contributed by atoms with Crippen LogP contribution >= 0.6 is 23.2 Å². The smallest absolute Gasteiger partial charge is 0.331 e. The lowest BCUT2D eigenvalue weighted by Gasteiger charge is -2.20. The summed E-state index contributed by atoms with van der Waals surface area (Å²) in [6, 6.07) is 10.6. The molecule has 0 fully saturated rings. The maximum atomic E-state index is 11.9. The number of carbonyl (C=O) groups is 1. The van der Waals surface area contributed by atoms with Gasteiger partial charge in [-0.05, 0) is 35.9 Å². The molecule has 0 spiro atoms. The van der Waals surface area contributed by atoms with Gasteiger partial charge >= 0.3 is 5.97 Å². The highest BCUT2D eigenvalue weighted by Gasteiger charge is 2.17. The number of halogens is 2. The average molecular weight is 365 g/mol. The topological polar surface area (TPSA) is 44.8 Å². The van der Waals surface area contributed by atoms with Crippen LogP contribution in [-0.4, -0.2) is 12.8 Å². The summed E-state index contributed by atoms with van der Waals surface area (Å²) >= 11 is 11.9. The van der Waals surface area contributed by atoms with Crippen LogP contribution < -0.4 is 4.74 Å². The molecule has 24 heavy (non-hydrogen) atoms. The Kier molecular flexibility index (Phi) is 5.41. The molecule has 0 aliphatic carbocycles. The van der Waals surface area contributed by atoms with Gasteiger partial charge in [0.1, 0.15) is 12.4 Å². The van der Waals surface area contributed by atoms with E-state index >= 15 is 0 Å². The molecule has 1 heterocycles. The molecule has 0 atom stereocenters. The number of benzene rings is 2. The fourth-order valence-corrected chi connectivity index (χ4v) is 2.69. The quantitative estimate of drug-likeness (QED) is 0.586. The molecule has 1 aliphatic heterocycles. The SMILES string of the molecule is O=C(/C=C/c1ccc(Cl)cc1)OCc1cc(Cl)cc2c1OCOC2. The molecule has 0 aromatic heterocycles. The minimum atomic E-state index is -0.453. The lowest BCUT2D eigenvalue weighted by molar-refractivity contribution is -0.139. The largest absolute Gasteiger partial charge is 0.467 e. The third-order valence-corrected chi connectivity index (χ3v) is 3.87. The summed E-state index contributed by atoms with van der Waals surface area (Å²) in [7, 11) is 0. The van der Waals surface area contributed by atoms with Gasteiger partial charge in [-0.15, -0.1) is 0 Å². The first kappa shape index (κ1) is 16.8. The first-order valence-corrected chi connectivity index (χ1v) is 7.99. The normalized spacial score (nSPS) is 13.4. The van der Waals surface area contributed by atoms with Crippen molar-refractivity contribution < 1.29 is 19.0 Å². The third-order valence-electron chi connectivity index (χ3n) is 3.40. The summed E-state index contributed by atoms with van der Waals surface area (Å²) < 4.78 is 16.0. The predicted octanol–water partition coefficient (Wildman–Crippen LogP) is 4.62. The third kappa shape index (κ3) is 4.29. The summed E-state index contributed by atoms with van der Waals surface area (Å²) in [6.07, 6.45) is 3.03.